The van der Waals surface area contributed by atoms with Crippen LogP contribution in [0.1, 0.15) is 11.1 Å². The molecule has 2 rings (SSSR count). The van der Waals surface area contributed by atoms with E-state index < -0.39 is 0 Å². The number of nitrogens with one attached hydrogen (secondary N) is 2. The molecule has 22 heavy (non-hydrogen) atoms. The second-order valence-corrected chi connectivity index (χ2v) is 5.14. The van der Waals surface area contributed by atoms with Gasteiger partial charge in [0.1, 0.15) is 5.75 Å². The van der Waals surface area contributed by atoms with Crippen LogP contribution in [-0.2, 0) is 20.0 Å². The standard InChI is InChI=1S/C17H24N4O/c1-18-17(20-12-15-9-11-21(2)13-15)19-10-8-14-4-6-16(22-3)7-5-14/h4-7,9,11,13H,8,10,12H2,1-3H3,(H2,18,19,20). The quantitative estimate of drug-likeness (QED) is 0.633. The molecule has 0 saturated heterocycles. The lowest BCUT2D eigenvalue weighted by Gasteiger charge is -2.11. The van der Waals surface area contributed by atoms with Crippen molar-refractivity contribution in [2.24, 2.45) is 12.0 Å². The van der Waals surface area contributed by atoms with Gasteiger partial charge in [0.25, 0.3) is 0 Å². The Kier molecular flexibility index (Phi) is 5.89. The first-order valence-corrected chi connectivity index (χ1v) is 7.39. The van der Waals surface area contributed by atoms with Crippen molar-refractivity contribution in [1.82, 2.24) is 15.2 Å². The summed E-state index contributed by atoms with van der Waals surface area (Å²) in [5, 5.41) is 6.63. The molecule has 0 aliphatic rings. The Labute approximate surface area is 132 Å². The normalized spacial score (nSPS) is 11.3. The number of aromatic nitrogens is 1. The van der Waals surface area contributed by atoms with Gasteiger partial charge in [-0.2, -0.15) is 0 Å². The molecule has 5 nitrogen and oxygen atoms in total. The average molecular weight is 300 g/mol. The number of nitrogens with zero attached hydrogens (tertiary/aromatic N) is 2. The summed E-state index contributed by atoms with van der Waals surface area (Å²) in [6, 6.07) is 10.2. The maximum absolute atomic E-state index is 5.16. The van der Waals surface area contributed by atoms with Gasteiger partial charge < -0.3 is 19.9 Å². The molecule has 0 aliphatic carbocycles. The van der Waals surface area contributed by atoms with E-state index in [1.807, 2.05) is 29.9 Å². The Balaban J connectivity index is 1.73. The van der Waals surface area contributed by atoms with Crippen molar-refractivity contribution in [2.75, 3.05) is 20.7 Å². The van der Waals surface area contributed by atoms with Crippen LogP contribution in [0.4, 0.5) is 0 Å². The lowest BCUT2D eigenvalue weighted by molar-refractivity contribution is 0.414. The highest BCUT2D eigenvalue weighted by atomic mass is 16.5. The fourth-order valence-electron chi connectivity index (χ4n) is 2.19. The van der Waals surface area contributed by atoms with Gasteiger partial charge in [-0.25, -0.2) is 0 Å². The molecule has 0 fully saturated rings. The lowest BCUT2D eigenvalue weighted by Crippen LogP contribution is -2.37. The van der Waals surface area contributed by atoms with Gasteiger partial charge in [0.05, 0.1) is 7.11 Å². The minimum atomic E-state index is 0.767. The Hall–Kier alpha value is -2.43. The maximum atomic E-state index is 5.16. The fraction of sp³-hybridized carbons (Fsp3) is 0.353. The highest BCUT2D eigenvalue weighted by Crippen LogP contribution is 2.11. The first-order chi connectivity index (χ1) is 10.7. The summed E-state index contributed by atoms with van der Waals surface area (Å²) in [6.07, 6.45) is 5.07. The zero-order chi connectivity index (χ0) is 15.8. The molecule has 2 N–H and O–H groups in total. The molecule has 0 amide bonds. The molecule has 0 aliphatic heterocycles. The zero-order valence-corrected chi connectivity index (χ0v) is 13.5. The monoisotopic (exact) mass is 300 g/mol. The molecule has 0 bridgehead atoms. The van der Waals surface area contributed by atoms with Crippen LogP contribution in [0.3, 0.4) is 0 Å². The molecular formula is C17H24N4O. The number of methoxy groups -OCH3 is 1. The molecule has 0 spiro atoms. The molecule has 5 heteroatoms. The summed E-state index contributed by atoms with van der Waals surface area (Å²) in [7, 11) is 5.48. The summed E-state index contributed by atoms with van der Waals surface area (Å²) in [5.74, 6) is 1.70. The van der Waals surface area contributed by atoms with Crippen LogP contribution in [0, 0.1) is 0 Å². The third-order valence-corrected chi connectivity index (χ3v) is 3.44. The third kappa shape index (κ3) is 4.84. The van der Waals surface area contributed by atoms with E-state index in [1.165, 1.54) is 11.1 Å². The van der Waals surface area contributed by atoms with Crippen molar-refractivity contribution in [2.45, 2.75) is 13.0 Å². The molecule has 118 valence electrons. The van der Waals surface area contributed by atoms with Gasteiger partial charge in [0.2, 0.25) is 0 Å². The lowest BCUT2D eigenvalue weighted by atomic mass is 10.1. The molecule has 2 aromatic rings. The first kappa shape index (κ1) is 15.9. The number of hydrogen-bond acceptors (Lipinski definition) is 2. The van der Waals surface area contributed by atoms with Crippen LogP contribution < -0.4 is 15.4 Å². The molecule has 0 saturated carbocycles. The smallest absolute Gasteiger partial charge is 0.191 e. The number of aliphatic imine (C=N–C) groups is 1. The van der Waals surface area contributed by atoms with E-state index in [1.54, 1.807) is 14.2 Å². The first-order valence-electron chi connectivity index (χ1n) is 7.39. The number of hydrogen-bond donors (Lipinski definition) is 2. The van der Waals surface area contributed by atoms with E-state index in [-0.39, 0.29) is 0 Å². The van der Waals surface area contributed by atoms with Crippen molar-refractivity contribution >= 4 is 5.96 Å². The van der Waals surface area contributed by atoms with Crippen molar-refractivity contribution < 1.29 is 4.74 Å². The molecule has 1 heterocycles. The number of benzene rings is 1. The Morgan fingerprint density at radius 2 is 1.91 bits per heavy atom. The van der Waals surface area contributed by atoms with Gasteiger partial charge in [0.15, 0.2) is 5.96 Å². The average Bonchev–Trinajstić information content (AvgIpc) is 2.96. The number of ether oxygens (including phenoxy) is 1. The second kappa shape index (κ2) is 8.12. The number of guanidine groups is 1. The molecule has 0 unspecified atom stereocenters. The van der Waals surface area contributed by atoms with E-state index in [9.17, 15) is 0 Å². The largest absolute Gasteiger partial charge is 0.497 e. The van der Waals surface area contributed by atoms with Crippen molar-refractivity contribution in [3.8, 4) is 5.75 Å². The van der Waals surface area contributed by atoms with Gasteiger partial charge >= 0.3 is 0 Å². The van der Waals surface area contributed by atoms with Gasteiger partial charge in [-0.3, -0.25) is 4.99 Å². The van der Waals surface area contributed by atoms with Crippen LogP contribution in [0.15, 0.2) is 47.7 Å². The second-order valence-electron chi connectivity index (χ2n) is 5.14. The predicted octanol–water partition coefficient (Wildman–Crippen LogP) is 1.94. The highest BCUT2D eigenvalue weighted by molar-refractivity contribution is 5.79. The molecule has 0 atom stereocenters. The summed E-state index contributed by atoms with van der Waals surface area (Å²) >= 11 is 0. The van der Waals surface area contributed by atoms with E-state index in [4.69, 9.17) is 4.74 Å². The minimum absolute atomic E-state index is 0.767. The van der Waals surface area contributed by atoms with E-state index in [2.05, 4.69) is 40.0 Å². The zero-order valence-electron chi connectivity index (χ0n) is 13.5. The van der Waals surface area contributed by atoms with Crippen molar-refractivity contribution in [1.29, 1.82) is 0 Å². The third-order valence-electron chi connectivity index (χ3n) is 3.44. The van der Waals surface area contributed by atoms with Gasteiger partial charge in [0, 0.05) is 39.6 Å². The molecule has 0 radical (unpaired) electrons. The SMILES string of the molecule is CN=C(NCCc1ccc(OC)cc1)NCc1ccn(C)c1. The van der Waals surface area contributed by atoms with Crippen LogP contribution in [-0.4, -0.2) is 31.2 Å². The maximum Gasteiger partial charge on any atom is 0.191 e. The molecule has 1 aromatic carbocycles. The van der Waals surface area contributed by atoms with Crippen molar-refractivity contribution in [3.63, 3.8) is 0 Å². The van der Waals surface area contributed by atoms with E-state index in [0.29, 0.717) is 0 Å². The Morgan fingerprint density at radius 1 is 1.14 bits per heavy atom. The highest BCUT2D eigenvalue weighted by Gasteiger charge is 2.00. The van der Waals surface area contributed by atoms with E-state index >= 15 is 0 Å². The van der Waals surface area contributed by atoms with Gasteiger partial charge in [-0.15, -0.1) is 0 Å². The van der Waals surface area contributed by atoms with E-state index in [0.717, 1.165) is 31.2 Å². The Bertz CT molecular complexity index is 601. The summed E-state index contributed by atoms with van der Waals surface area (Å²) in [5.41, 5.74) is 2.51. The fourth-order valence-corrected chi connectivity index (χ4v) is 2.19. The summed E-state index contributed by atoms with van der Waals surface area (Å²) in [4.78, 5) is 4.24. The minimum Gasteiger partial charge on any atom is -0.497 e. The summed E-state index contributed by atoms with van der Waals surface area (Å²) in [6.45, 7) is 1.60. The number of aryl methyl sites for hydroxylation is 1. The van der Waals surface area contributed by atoms with Gasteiger partial charge in [-0.05, 0) is 35.7 Å². The topological polar surface area (TPSA) is 50.6 Å². The Morgan fingerprint density at radius 3 is 2.50 bits per heavy atom. The van der Waals surface area contributed by atoms with Crippen molar-refractivity contribution in [3.05, 3.63) is 53.9 Å². The van der Waals surface area contributed by atoms with Crippen LogP contribution >= 0.6 is 0 Å². The van der Waals surface area contributed by atoms with Crippen LogP contribution in [0.5, 0.6) is 5.75 Å². The van der Waals surface area contributed by atoms with Crippen LogP contribution in [0.25, 0.3) is 0 Å². The molecule has 1 aromatic heterocycles. The van der Waals surface area contributed by atoms with Gasteiger partial charge in [-0.1, -0.05) is 12.1 Å². The molecular weight excluding hydrogens is 276 g/mol. The van der Waals surface area contributed by atoms with Crippen LogP contribution in [0.2, 0.25) is 0 Å². The summed E-state index contributed by atoms with van der Waals surface area (Å²) < 4.78 is 7.20. The number of rotatable bonds is 6. The predicted molar refractivity (Wildman–Crippen MR) is 90.3 cm³/mol.